The van der Waals surface area contributed by atoms with Crippen LogP contribution < -0.4 is 10.6 Å². The third-order valence-corrected chi connectivity index (χ3v) is 6.42. The number of ether oxygens (including phenoxy) is 1. The predicted octanol–water partition coefficient (Wildman–Crippen LogP) is 4.92. The third kappa shape index (κ3) is 4.07. The maximum absolute atomic E-state index is 13.8. The smallest absolute Gasteiger partial charge is 0.238 e. The van der Waals surface area contributed by atoms with Gasteiger partial charge in [-0.05, 0) is 40.8 Å². The zero-order valence-electron chi connectivity index (χ0n) is 17.8. The summed E-state index contributed by atoms with van der Waals surface area (Å²) < 4.78 is 6.39. The van der Waals surface area contributed by atoms with Crippen LogP contribution in [0.25, 0.3) is 0 Å². The van der Waals surface area contributed by atoms with Crippen LogP contribution in [0.1, 0.15) is 44.2 Å². The number of rotatable bonds is 3. The molecule has 0 bridgehead atoms. The van der Waals surface area contributed by atoms with E-state index < -0.39 is 11.5 Å². The first-order valence-electron chi connectivity index (χ1n) is 10.4. The van der Waals surface area contributed by atoms with Gasteiger partial charge in [-0.25, -0.2) is 0 Å². The minimum Gasteiger partial charge on any atom is -0.376 e. The molecule has 1 fully saturated rings. The number of carbonyl (C=O) groups excluding carboxylic acids is 2. The van der Waals surface area contributed by atoms with Crippen molar-refractivity contribution in [2.75, 3.05) is 18.5 Å². The summed E-state index contributed by atoms with van der Waals surface area (Å²) in [5.41, 5.74) is 1.09. The van der Waals surface area contributed by atoms with E-state index in [9.17, 15) is 9.59 Å². The van der Waals surface area contributed by atoms with Gasteiger partial charge in [0, 0.05) is 28.2 Å². The van der Waals surface area contributed by atoms with Gasteiger partial charge in [-0.1, -0.05) is 62.2 Å². The lowest BCUT2D eigenvalue weighted by molar-refractivity contribution is -0.133. The van der Waals surface area contributed by atoms with Crippen LogP contribution >= 0.6 is 23.2 Å². The first-order chi connectivity index (χ1) is 14.6. The molecular formula is C24H26Cl2N2O3. The Kier molecular flexibility index (Phi) is 5.80. The molecule has 0 saturated carbocycles. The summed E-state index contributed by atoms with van der Waals surface area (Å²) in [5.74, 6) is -0.701. The van der Waals surface area contributed by atoms with Crippen molar-refractivity contribution in [2.45, 2.75) is 44.6 Å². The van der Waals surface area contributed by atoms with Crippen molar-refractivity contribution < 1.29 is 14.3 Å². The van der Waals surface area contributed by atoms with Gasteiger partial charge in [0.2, 0.25) is 11.8 Å². The van der Waals surface area contributed by atoms with E-state index in [1.54, 1.807) is 18.2 Å². The molecular weight excluding hydrogens is 435 g/mol. The van der Waals surface area contributed by atoms with Crippen LogP contribution in [0.5, 0.6) is 0 Å². The summed E-state index contributed by atoms with van der Waals surface area (Å²) in [6.45, 7) is 6.89. The standard InChI is InChI=1S/C24H26Cl2N2O3/c1-23(2,3)13-31-20-11-21(29)27-12-18(14-5-4-6-15(25)9-14)24(20)17-8-7-16(26)10-19(17)28-22(24)30/h4-10,18,20H,11-13H2,1-3H3,(H,27,29)(H,28,30)/t18-,20-,24-/m1/s1. The lowest BCUT2D eigenvalue weighted by Crippen LogP contribution is -2.52. The Labute approximate surface area is 192 Å². The summed E-state index contributed by atoms with van der Waals surface area (Å²) in [6.07, 6.45) is -0.566. The van der Waals surface area contributed by atoms with Gasteiger partial charge in [0.1, 0.15) is 5.41 Å². The topological polar surface area (TPSA) is 67.4 Å². The second-order valence-electron chi connectivity index (χ2n) is 9.49. The van der Waals surface area contributed by atoms with E-state index in [4.69, 9.17) is 27.9 Å². The van der Waals surface area contributed by atoms with Crippen LogP contribution in [0.15, 0.2) is 42.5 Å². The Morgan fingerprint density at radius 2 is 1.84 bits per heavy atom. The van der Waals surface area contributed by atoms with Crippen LogP contribution in [0.3, 0.4) is 0 Å². The quantitative estimate of drug-likeness (QED) is 0.682. The largest absolute Gasteiger partial charge is 0.376 e. The normalized spacial score (nSPS) is 25.7. The molecule has 2 aromatic rings. The van der Waals surface area contributed by atoms with Crippen LogP contribution in [0.2, 0.25) is 10.0 Å². The predicted molar refractivity (Wildman–Crippen MR) is 123 cm³/mol. The zero-order valence-corrected chi connectivity index (χ0v) is 19.3. The molecule has 0 aromatic heterocycles. The lowest BCUT2D eigenvalue weighted by Gasteiger charge is -2.41. The maximum Gasteiger partial charge on any atom is 0.238 e. The molecule has 0 radical (unpaired) electrons. The Morgan fingerprint density at radius 3 is 2.55 bits per heavy atom. The summed E-state index contributed by atoms with van der Waals surface area (Å²) in [7, 11) is 0. The molecule has 2 amide bonds. The highest BCUT2D eigenvalue weighted by Gasteiger charge is 2.60. The molecule has 2 aromatic carbocycles. The van der Waals surface area contributed by atoms with Gasteiger partial charge in [0.25, 0.3) is 0 Å². The second kappa shape index (κ2) is 8.12. The highest BCUT2D eigenvalue weighted by Crippen LogP contribution is 2.52. The molecule has 1 saturated heterocycles. The van der Waals surface area contributed by atoms with Crippen LogP contribution in [0.4, 0.5) is 5.69 Å². The summed E-state index contributed by atoms with van der Waals surface area (Å²) in [4.78, 5) is 26.5. The zero-order chi connectivity index (χ0) is 22.4. The van der Waals surface area contributed by atoms with Gasteiger partial charge < -0.3 is 15.4 Å². The van der Waals surface area contributed by atoms with E-state index in [-0.39, 0.29) is 29.6 Å². The molecule has 4 rings (SSSR count). The van der Waals surface area contributed by atoms with Crippen molar-refractivity contribution in [3.05, 3.63) is 63.6 Å². The van der Waals surface area contributed by atoms with Gasteiger partial charge in [-0.15, -0.1) is 0 Å². The van der Waals surface area contributed by atoms with Crippen molar-refractivity contribution in [2.24, 2.45) is 5.41 Å². The number of benzene rings is 2. The highest BCUT2D eigenvalue weighted by atomic mass is 35.5. The molecule has 2 heterocycles. The molecule has 5 nitrogen and oxygen atoms in total. The summed E-state index contributed by atoms with van der Waals surface area (Å²) in [5, 5.41) is 7.10. The van der Waals surface area contributed by atoms with Gasteiger partial charge in [-0.3, -0.25) is 9.59 Å². The van der Waals surface area contributed by atoms with Crippen molar-refractivity contribution in [1.29, 1.82) is 0 Å². The van der Waals surface area contributed by atoms with Gasteiger partial charge >= 0.3 is 0 Å². The van der Waals surface area contributed by atoms with Crippen molar-refractivity contribution in [3.63, 3.8) is 0 Å². The molecule has 3 atom stereocenters. The molecule has 2 aliphatic rings. The molecule has 31 heavy (non-hydrogen) atoms. The first kappa shape index (κ1) is 22.1. The molecule has 164 valence electrons. The van der Waals surface area contributed by atoms with Gasteiger partial charge in [-0.2, -0.15) is 0 Å². The minimum atomic E-state index is -1.10. The number of carbonyl (C=O) groups is 2. The van der Waals surface area contributed by atoms with Crippen molar-refractivity contribution in [3.8, 4) is 0 Å². The van der Waals surface area contributed by atoms with Crippen molar-refractivity contribution >= 4 is 40.7 Å². The van der Waals surface area contributed by atoms with Crippen LogP contribution in [0, 0.1) is 5.41 Å². The van der Waals surface area contributed by atoms with E-state index in [2.05, 4.69) is 31.4 Å². The number of hydrogen-bond acceptors (Lipinski definition) is 3. The average molecular weight is 461 g/mol. The third-order valence-electron chi connectivity index (χ3n) is 5.95. The van der Waals surface area contributed by atoms with E-state index in [1.165, 1.54) is 0 Å². The number of nitrogens with one attached hydrogen (secondary N) is 2. The second-order valence-corrected chi connectivity index (χ2v) is 10.4. The Bertz CT molecular complexity index is 1030. The summed E-state index contributed by atoms with van der Waals surface area (Å²) in [6, 6.07) is 12.8. The van der Waals surface area contributed by atoms with Crippen LogP contribution in [-0.4, -0.2) is 31.1 Å². The Hall–Kier alpha value is -2.08. The average Bonchev–Trinajstić information content (AvgIpc) is 2.86. The Morgan fingerprint density at radius 1 is 1.10 bits per heavy atom. The molecule has 2 N–H and O–H groups in total. The van der Waals surface area contributed by atoms with E-state index in [0.29, 0.717) is 28.9 Å². The monoisotopic (exact) mass is 460 g/mol. The Balaban J connectivity index is 1.94. The molecule has 7 heteroatoms. The fraction of sp³-hybridized carbons (Fsp3) is 0.417. The number of halogens is 2. The number of fused-ring (bicyclic) bond motifs is 2. The van der Waals surface area contributed by atoms with E-state index in [1.807, 2.05) is 24.3 Å². The number of hydrogen-bond donors (Lipinski definition) is 2. The number of anilines is 1. The molecule has 0 unspecified atom stereocenters. The molecule has 0 aliphatic carbocycles. The minimum absolute atomic E-state index is 0.0859. The van der Waals surface area contributed by atoms with Gasteiger partial charge in [0.15, 0.2) is 0 Å². The van der Waals surface area contributed by atoms with Crippen molar-refractivity contribution in [1.82, 2.24) is 5.32 Å². The van der Waals surface area contributed by atoms with E-state index in [0.717, 1.165) is 11.1 Å². The highest BCUT2D eigenvalue weighted by molar-refractivity contribution is 6.31. The maximum atomic E-state index is 13.8. The van der Waals surface area contributed by atoms with Gasteiger partial charge in [0.05, 0.1) is 19.1 Å². The number of amides is 2. The fourth-order valence-corrected chi connectivity index (χ4v) is 5.01. The summed E-state index contributed by atoms with van der Waals surface area (Å²) >= 11 is 12.5. The fourth-order valence-electron chi connectivity index (χ4n) is 4.64. The lowest BCUT2D eigenvalue weighted by atomic mass is 9.64. The SMILES string of the molecule is CC(C)(C)CO[C@@H]1CC(=O)NC[C@H](c2cccc(Cl)c2)[C@@]12C(=O)Nc1cc(Cl)ccc12. The van der Waals surface area contributed by atoms with E-state index >= 15 is 0 Å². The van der Waals surface area contributed by atoms with Crippen LogP contribution in [-0.2, 0) is 19.7 Å². The molecule has 2 aliphatic heterocycles. The first-order valence-corrected chi connectivity index (χ1v) is 11.1. The molecule has 1 spiro atoms.